The molecule has 0 saturated heterocycles. The summed E-state index contributed by atoms with van der Waals surface area (Å²) in [4.78, 5) is 3.28. The number of aromatic nitrogens is 1. The van der Waals surface area contributed by atoms with Crippen molar-refractivity contribution in [2.45, 2.75) is 6.54 Å². The molecule has 0 fully saturated rings. The lowest BCUT2D eigenvalue weighted by Crippen LogP contribution is -2.20. The molecule has 22 heavy (non-hydrogen) atoms. The highest BCUT2D eigenvalue weighted by molar-refractivity contribution is 5.84. The first kappa shape index (κ1) is 14.5. The van der Waals surface area contributed by atoms with Gasteiger partial charge in [0.2, 0.25) is 0 Å². The molecule has 0 unspecified atom stereocenters. The fourth-order valence-electron chi connectivity index (χ4n) is 2.41. The summed E-state index contributed by atoms with van der Waals surface area (Å²) in [5.74, 6) is 1.78. The third kappa shape index (κ3) is 3.40. The monoisotopic (exact) mass is 296 g/mol. The zero-order valence-corrected chi connectivity index (χ0v) is 12.6. The van der Waals surface area contributed by atoms with Crippen molar-refractivity contribution in [1.82, 2.24) is 10.3 Å². The van der Waals surface area contributed by atoms with Crippen LogP contribution in [0.2, 0.25) is 0 Å². The maximum Gasteiger partial charge on any atom is 0.119 e. The van der Waals surface area contributed by atoms with E-state index in [0.29, 0.717) is 6.61 Å². The van der Waals surface area contributed by atoms with Gasteiger partial charge in [0.25, 0.3) is 0 Å². The Morgan fingerprint density at radius 2 is 1.91 bits per heavy atom. The first-order valence-electron chi connectivity index (χ1n) is 7.39. The van der Waals surface area contributed by atoms with E-state index < -0.39 is 0 Å². The van der Waals surface area contributed by atoms with Gasteiger partial charge in [0.05, 0.1) is 7.11 Å². The molecule has 1 aromatic heterocycles. The van der Waals surface area contributed by atoms with Gasteiger partial charge in [0.1, 0.15) is 18.1 Å². The highest BCUT2D eigenvalue weighted by Crippen LogP contribution is 2.23. The Hall–Kier alpha value is -2.46. The second kappa shape index (κ2) is 7.00. The summed E-state index contributed by atoms with van der Waals surface area (Å²) in [6, 6.07) is 15.9. The molecule has 0 atom stereocenters. The summed E-state index contributed by atoms with van der Waals surface area (Å²) in [5.41, 5.74) is 2.35. The van der Waals surface area contributed by atoms with Crippen molar-refractivity contribution in [2.75, 3.05) is 20.3 Å². The van der Waals surface area contributed by atoms with Crippen molar-refractivity contribution in [2.24, 2.45) is 0 Å². The third-order valence-electron chi connectivity index (χ3n) is 3.58. The van der Waals surface area contributed by atoms with Crippen molar-refractivity contribution in [3.8, 4) is 11.5 Å². The molecule has 3 rings (SSSR count). The first-order valence-corrected chi connectivity index (χ1v) is 7.39. The molecule has 0 spiro atoms. The molecule has 2 aromatic carbocycles. The number of hydrogen-bond donors (Lipinski definition) is 2. The molecule has 114 valence electrons. The van der Waals surface area contributed by atoms with Gasteiger partial charge >= 0.3 is 0 Å². The number of ether oxygens (including phenoxy) is 2. The molecule has 0 aliphatic carbocycles. The average Bonchev–Trinajstić information content (AvgIpc) is 2.98. The Balaban J connectivity index is 1.51. The fraction of sp³-hybridized carbons (Fsp3) is 0.222. The predicted octanol–water partition coefficient (Wildman–Crippen LogP) is 3.35. The van der Waals surface area contributed by atoms with Gasteiger partial charge in [0.15, 0.2) is 0 Å². The Morgan fingerprint density at radius 1 is 1.05 bits per heavy atom. The van der Waals surface area contributed by atoms with Crippen LogP contribution < -0.4 is 14.8 Å². The van der Waals surface area contributed by atoms with Gasteiger partial charge in [0, 0.05) is 30.2 Å². The Morgan fingerprint density at radius 3 is 2.73 bits per heavy atom. The summed E-state index contributed by atoms with van der Waals surface area (Å²) < 4.78 is 10.9. The van der Waals surface area contributed by atoms with E-state index in [4.69, 9.17) is 9.47 Å². The minimum atomic E-state index is 0.649. The average molecular weight is 296 g/mol. The molecular weight excluding hydrogens is 276 g/mol. The van der Waals surface area contributed by atoms with E-state index in [1.807, 2.05) is 48.7 Å². The zero-order valence-electron chi connectivity index (χ0n) is 12.6. The lowest BCUT2D eigenvalue weighted by molar-refractivity contribution is 0.314. The van der Waals surface area contributed by atoms with E-state index >= 15 is 0 Å². The fourth-order valence-corrected chi connectivity index (χ4v) is 2.41. The number of methoxy groups -OCH3 is 1. The van der Waals surface area contributed by atoms with Gasteiger partial charge in [-0.3, -0.25) is 0 Å². The standard InChI is InChI=1S/C18H20N2O2/c1-21-16-7-8-18-17(11-16)14(13-20-18)12-19-9-10-22-15-5-3-2-4-6-15/h2-8,11,13,19-20H,9-10,12H2,1H3. The van der Waals surface area contributed by atoms with Crippen LogP contribution in [-0.4, -0.2) is 25.2 Å². The summed E-state index contributed by atoms with van der Waals surface area (Å²) >= 11 is 0. The molecule has 0 amide bonds. The highest BCUT2D eigenvalue weighted by Gasteiger charge is 2.04. The van der Waals surface area contributed by atoms with Crippen LogP contribution in [0, 0.1) is 0 Å². The molecule has 4 nitrogen and oxygen atoms in total. The maximum atomic E-state index is 5.66. The van der Waals surface area contributed by atoms with Crippen molar-refractivity contribution >= 4 is 10.9 Å². The van der Waals surface area contributed by atoms with Gasteiger partial charge in [-0.2, -0.15) is 0 Å². The van der Waals surface area contributed by atoms with Crippen molar-refractivity contribution in [1.29, 1.82) is 0 Å². The number of hydrogen-bond acceptors (Lipinski definition) is 3. The smallest absolute Gasteiger partial charge is 0.119 e. The van der Waals surface area contributed by atoms with E-state index in [-0.39, 0.29) is 0 Å². The predicted molar refractivity (Wildman–Crippen MR) is 88.5 cm³/mol. The van der Waals surface area contributed by atoms with E-state index in [0.717, 1.165) is 30.1 Å². The van der Waals surface area contributed by atoms with Crippen LogP contribution in [0.15, 0.2) is 54.7 Å². The van der Waals surface area contributed by atoms with Crippen LogP contribution in [0.1, 0.15) is 5.56 Å². The van der Waals surface area contributed by atoms with Gasteiger partial charge < -0.3 is 19.8 Å². The molecule has 3 aromatic rings. The normalized spacial score (nSPS) is 10.8. The lowest BCUT2D eigenvalue weighted by Gasteiger charge is -2.07. The van der Waals surface area contributed by atoms with Gasteiger partial charge in [-0.15, -0.1) is 0 Å². The summed E-state index contributed by atoms with van der Waals surface area (Å²) in [6.45, 7) is 2.24. The van der Waals surface area contributed by atoms with Crippen LogP contribution in [0.5, 0.6) is 11.5 Å². The van der Waals surface area contributed by atoms with Crippen LogP contribution in [0.25, 0.3) is 10.9 Å². The van der Waals surface area contributed by atoms with E-state index in [9.17, 15) is 0 Å². The quantitative estimate of drug-likeness (QED) is 0.657. The minimum Gasteiger partial charge on any atom is -0.497 e. The zero-order chi connectivity index (χ0) is 15.2. The largest absolute Gasteiger partial charge is 0.497 e. The third-order valence-corrected chi connectivity index (χ3v) is 3.58. The second-order valence-corrected chi connectivity index (χ2v) is 5.06. The first-order chi connectivity index (χ1) is 10.9. The van der Waals surface area contributed by atoms with Crippen LogP contribution in [0.4, 0.5) is 0 Å². The van der Waals surface area contributed by atoms with Gasteiger partial charge in [-0.1, -0.05) is 18.2 Å². The van der Waals surface area contributed by atoms with E-state index in [1.54, 1.807) is 7.11 Å². The Labute approximate surface area is 130 Å². The molecule has 0 aliphatic rings. The number of benzene rings is 2. The second-order valence-electron chi connectivity index (χ2n) is 5.06. The topological polar surface area (TPSA) is 46.3 Å². The molecule has 0 saturated carbocycles. The Bertz CT molecular complexity index is 722. The SMILES string of the molecule is COc1ccc2[nH]cc(CNCCOc3ccccc3)c2c1. The van der Waals surface area contributed by atoms with E-state index in [1.165, 1.54) is 10.9 Å². The minimum absolute atomic E-state index is 0.649. The van der Waals surface area contributed by atoms with Crippen LogP contribution >= 0.6 is 0 Å². The summed E-state index contributed by atoms with van der Waals surface area (Å²) in [7, 11) is 1.69. The van der Waals surface area contributed by atoms with Crippen molar-refractivity contribution in [3.05, 3.63) is 60.3 Å². The maximum absolute atomic E-state index is 5.66. The van der Waals surface area contributed by atoms with Gasteiger partial charge in [-0.25, -0.2) is 0 Å². The lowest BCUT2D eigenvalue weighted by atomic mass is 10.1. The van der Waals surface area contributed by atoms with Crippen LogP contribution in [-0.2, 0) is 6.54 Å². The number of para-hydroxylation sites is 1. The molecular formula is C18H20N2O2. The van der Waals surface area contributed by atoms with Crippen LogP contribution in [0.3, 0.4) is 0 Å². The molecule has 0 radical (unpaired) electrons. The molecule has 4 heteroatoms. The molecule has 1 heterocycles. The number of H-pyrrole nitrogens is 1. The van der Waals surface area contributed by atoms with E-state index in [2.05, 4.69) is 16.4 Å². The molecule has 2 N–H and O–H groups in total. The van der Waals surface area contributed by atoms with Crippen molar-refractivity contribution < 1.29 is 9.47 Å². The Kier molecular flexibility index (Phi) is 4.61. The number of nitrogens with one attached hydrogen (secondary N) is 2. The summed E-state index contributed by atoms with van der Waals surface area (Å²) in [5, 5.41) is 4.59. The molecule has 0 aliphatic heterocycles. The highest BCUT2D eigenvalue weighted by atomic mass is 16.5. The van der Waals surface area contributed by atoms with Crippen molar-refractivity contribution in [3.63, 3.8) is 0 Å². The summed E-state index contributed by atoms with van der Waals surface area (Å²) in [6.07, 6.45) is 2.04. The number of aromatic amines is 1. The molecule has 0 bridgehead atoms. The van der Waals surface area contributed by atoms with Gasteiger partial charge in [-0.05, 0) is 35.9 Å². The number of rotatable bonds is 7. The number of fused-ring (bicyclic) bond motifs is 1.